The lowest BCUT2D eigenvalue weighted by Crippen LogP contribution is -2.13. The van der Waals surface area contributed by atoms with Crippen LogP contribution in [0.15, 0.2) is 30.3 Å². The Bertz CT molecular complexity index is 229. The van der Waals surface area contributed by atoms with E-state index in [9.17, 15) is 0 Å². The molecular weight excluding hydrogens is 174 g/mol. The van der Waals surface area contributed by atoms with E-state index in [0.29, 0.717) is 0 Å². The summed E-state index contributed by atoms with van der Waals surface area (Å²) in [6.07, 6.45) is 5.47. The second-order valence-corrected chi connectivity index (χ2v) is 3.49. The second-order valence-electron chi connectivity index (χ2n) is 3.49. The highest BCUT2D eigenvalue weighted by Gasteiger charge is 2.13. The molecule has 1 fully saturated rings. The lowest BCUT2D eigenvalue weighted by Gasteiger charge is -2.12. The van der Waals surface area contributed by atoms with Gasteiger partial charge in [-0.05, 0) is 35.9 Å². The smallest absolute Gasteiger partial charge is 0.0342 e. The lowest BCUT2D eigenvalue weighted by atomic mass is 10.2. The van der Waals surface area contributed by atoms with Crippen LogP contribution in [0.1, 0.15) is 25.7 Å². The highest BCUT2D eigenvalue weighted by molar-refractivity contribution is 5.75. The number of hydrogen-bond donors (Lipinski definition) is 1. The summed E-state index contributed by atoms with van der Waals surface area (Å²) in [5, 5.41) is 3.54. The van der Waals surface area contributed by atoms with Gasteiger partial charge in [0.1, 0.15) is 0 Å². The molecule has 0 unspecified atom stereocenters. The molecule has 0 bridgehead atoms. The molecule has 13 heavy (non-hydrogen) atoms. The average Bonchev–Trinajstić information content (AvgIpc) is 2.59. The molecule has 1 nitrogen and oxygen atoms in total. The van der Waals surface area contributed by atoms with Crippen molar-refractivity contribution in [2.75, 3.05) is 5.32 Å². The minimum atomic E-state index is 0. The van der Waals surface area contributed by atoms with Crippen molar-refractivity contribution >= 4 is 16.7 Å². The Balaban J connectivity index is 0.000000845. The molecule has 0 spiro atoms. The van der Waals surface area contributed by atoms with Crippen LogP contribution in [-0.4, -0.2) is 17.0 Å². The number of para-hydroxylation sites is 1. The van der Waals surface area contributed by atoms with Gasteiger partial charge in [-0.2, -0.15) is 0 Å². The molecule has 0 aromatic heterocycles. The first-order chi connectivity index (χ1) is 5.95. The normalized spacial score (nSPS) is 16.6. The van der Waals surface area contributed by atoms with Gasteiger partial charge in [-0.25, -0.2) is 0 Å². The highest BCUT2D eigenvalue weighted by atomic mass is 28.1. The first-order valence-corrected chi connectivity index (χ1v) is 4.77. The van der Waals surface area contributed by atoms with Gasteiger partial charge >= 0.3 is 0 Å². The Morgan fingerprint density at radius 1 is 1.00 bits per heavy atom. The average molecular weight is 193 g/mol. The molecule has 2 heteroatoms. The van der Waals surface area contributed by atoms with Gasteiger partial charge in [-0.15, -0.1) is 0 Å². The maximum absolute atomic E-state index is 3.54. The Kier molecular flexibility index (Phi) is 4.03. The Hall–Kier alpha value is -0.763. The number of rotatable bonds is 2. The van der Waals surface area contributed by atoms with Crippen molar-refractivity contribution in [3.63, 3.8) is 0 Å². The van der Waals surface area contributed by atoms with Crippen LogP contribution in [0, 0.1) is 0 Å². The van der Waals surface area contributed by atoms with E-state index in [1.165, 1.54) is 31.4 Å². The monoisotopic (exact) mass is 193 g/mol. The Morgan fingerprint density at radius 3 is 2.23 bits per heavy atom. The van der Waals surface area contributed by atoms with E-state index in [1.807, 2.05) is 0 Å². The van der Waals surface area contributed by atoms with Crippen LogP contribution in [0.5, 0.6) is 0 Å². The zero-order chi connectivity index (χ0) is 8.23. The summed E-state index contributed by atoms with van der Waals surface area (Å²) >= 11 is 0. The van der Waals surface area contributed by atoms with Crippen molar-refractivity contribution in [1.82, 2.24) is 0 Å². The number of benzene rings is 1. The van der Waals surface area contributed by atoms with E-state index < -0.39 is 0 Å². The number of nitrogens with one attached hydrogen (secondary N) is 1. The SMILES string of the molecule is [SiH4].c1ccc(NC2CCCC2)cc1. The summed E-state index contributed by atoms with van der Waals surface area (Å²) in [6, 6.07) is 11.2. The zero-order valence-corrected chi connectivity index (χ0v) is 7.29. The largest absolute Gasteiger partial charge is 0.382 e. The van der Waals surface area contributed by atoms with Crippen molar-refractivity contribution in [2.45, 2.75) is 31.7 Å². The fourth-order valence-electron chi connectivity index (χ4n) is 1.84. The van der Waals surface area contributed by atoms with Crippen molar-refractivity contribution in [3.05, 3.63) is 30.3 Å². The van der Waals surface area contributed by atoms with Gasteiger partial charge in [-0.3, -0.25) is 0 Å². The third-order valence-corrected chi connectivity index (χ3v) is 2.50. The first kappa shape index (κ1) is 10.3. The molecule has 1 N–H and O–H groups in total. The molecule has 0 radical (unpaired) electrons. The molecule has 1 aromatic carbocycles. The summed E-state index contributed by atoms with van der Waals surface area (Å²) < 4.78 is 0. The predicted octanol–water partition coefficient (Wildman–Crippen LogP) is 1.59. The molecular formula is C11H19NSi. The van der Waals surface area contributed by atoms with E-state index >= 15 is 0 Å². The quantitative estimate of drug-likeness (QED) is 0.703. The molecule has 72 valence electrons. The summed E-state index contributed by atoms with van der Waals surface area (Å²) in [5.74, 6) is 0. The summed E-state index contributed by atoms with van der Waals surface area (Å²) in [4.78, 5) is 0. The summed E-state index contributed by atoms with van der Waals surface area (Å²) in [5.41, 5.74) is 1.27. The second kappa shape index (κ2) is 5.07. The van der Waals surface area contributed by atoms with Crippen LogP contribution < -0.4 is 5.32 Å². The van der Waals surface area contributed by atoms with Crippen LogP contribution >= 0.6 is 0 Å². The van der Waals surface area contributed by atoms with Crippen molar-refractivity contribution < 1.29 is 0 Å². The fourth-order valence-corrected chi connectivity index (χ4v) is 1.84. The minimum Gasteiger partial charge on any atom is -0.382 e. The first-order valence-electron chi connectivity index (χ1n) is 4.77. The number of anilines is 1. The maximum atomic E-state index is 3.54. The standard InChI is InChI=1S/C11H15N.H4Si/c1-2-6-10(7-3-1)12-11-8-4-5-9-11;/h1-3,6-7,11-12H,4-5,8-9H2;1H4. The molecule has 0 heterocycles. The molecule has 1 aliphatic rings. The third kappa shape index (κ3) is 2.88. The predicted molar refractivity (Wildman–Crippen MR) is 63.7 cm³/mol. The van der Waals surface area contributed by atoms with E-state index in [2.05, 4.69) is 35.6 Å². The van der Waals surface area contributed by atoms with Crippen LogP contribution in [0.2, 0.25) is 0 Å². The molecule has 0 saturated heterocycles. The summed E-state index contributed by atoms with van der Waals surface area (Å²) in [7, 11) is 0. The van der Waals surface area contributed by atoms with Gasteiger partial charge in [0.05, 0.1) is 0 Å². The molecule has 1 aliphatic carbocycles. The molecule has 2 rings (SSSR count). The van der Waals surface area contributed by atoms with E-state index in [-0.39, 0.29) is 11.0 Å². The van der Waals surface area contributed by atoms with Gasteiger partial charge in [-0.1, -0.05) is 31.0 Å². The fraction of sp³-hybridized carbons (Fsp3) is 0.455. The Labute approximate surface area is 84.6 Å². The van der Waals surface area contributed by atoms with Gasteiger partial charge in [0, 0.05) is 11.7 Å². The highest BCUT2D eigenvalue weighted by Crippen LogP contribution is 2.21. The molecule has 1 saturated carbocycles. The van der Waals surface area contributed by atoms with E-state index in [4.69, 9.17) is 0 Å². The van der Waals surface area contributed by atoms with Crippen LogP contribution in [0.3, 0.4) is 0 Å². The van der Waals surface area contributed by atoms with Crippen LogP contribution in [-0.2, 0) is 0 Å². The van der Waals surface area contributed by atoms with Crippen LogP contribution in [0.4, 0.5) is 5.69 Å². The zero-order valence-electron chi connectivity index (χ0n) is 7.29. The summed E-state index contributed by atoms with van der Waals surface area (Å²) in [6.45, 7) is 0. The van der Waals surface area contributed by atoms with Crippen LogP contribution in [0.25, 0.3) is 0 Å². The molecule has 0 aliphatic heterocycles. The minimum absolute atomic E-state index is 0. The van der Waals surface area contributed by atoms with Gasteiger partial charge in [0.25, 0.3) is 0 Å². The molecule has 0 atom stereocenters. The third-order valence-electron chi connectivity index (χ3n) is 2.50. The van der Waals surface area contributed by atoms with E-state index in [0.717, 1.165) is 6.04 Å². The maximum Gasteiger partial charge on any atom is 0.0342 e. The van der Waals surface area contributed by atoms with Gasteiger partial charge in [0.15, 0.2) is 0 Å². The van der Waals surface area contributed by atoms with Crippen molar-refractivity contribution in [3.8, 4) is 0 Å². The van der Waals surface area contributed by atoms with Gasteiger partial charge < -0.3 is 5.32 Å². The van der Waals surface area contributed by atoms with E-state index in [1.54, 1.807) is 0 Å². The lowest BCUT2D eigenvalue weighted by molar-refractivity contribution is 0.755. The number of hydrogen-bond acceptors (Lipinski definition) is 1. The molecule has 1 aromatic rings. The molecule has 0 amide bonds. The van der Waals surface area contributed by atoms with Crippen molar-refractivity contribution in [2.24, 2.45) is 0 Å². The van der Waals surface area contributed by atoms with Gasteiger partial charge in [0.2, 0.25) is 0 Å². The van der Waals surface area contributed by atoms with Crippen molar-refractivity contribution in [1.29, 1.82) is 0 Å². The topological polar surface area (TPSA) is 12.0 Å². The Morgan fingerprint density at radius 2 is 1.62 bits per heavy atom.